The predicted molar refractivity (Wildman–Crippen MR) is 86.7 cm³/mol. The average Bonchev–Trinajstić information content (AvgIpc) is 2.40. The molecular weight excluding hydrogens is 262 g/mol. The summed E-state index contributed by atoms with van der Waals surface area (Å²) in [6.07, 6.45) is 0.806. The maximum absolute atomic E-state index is 12.7. The van der Waals surface area contributed by atoms with E-state index in [4.69, 9.17) is 5.73 Å². The van der Waals surface area contributed by atoms with Crippen molar-refractivity contribution in [2.75, 3.05) is 13.1 Å². The molecule has 0 saturated carbocycles. The number of rotatable bonds is 6. The van der Waals surface area contributed by atoms with E-state index in [-0.39, 0.29) is 17.2 Å². The molecule has 0 radical (unpaired) electrons. The van der Waals surface area contributed by atoms with Crippen LogP contribution in [0.15, 0.2) is 18.2 Å². The summed E-state index contributed by atoms with van der Waals surface area (Å²) < 4.78 is 0. The summed E-state index contributed by atoms with van der Waals surface area (Å²) in [7, 11) is 0. The van der Waals surface area contributed by atoms with Gasteiger partial charge >= 0.3 is 0 Å². The number of aromatic nitrogens is 1. The van der Waals surface area contributed by atoms with Crippen LogP contribution in [0.1, 0.15) is 45.5 Å². The second-order valence-corrected chi connectivity index (χ2v) is 6.82. The molecule has 0 aliphatic heterocycles. The molecule has 0 aromatic carbocycles. The number of amides is 1. The largest absolute Gasteiger partial charge is 0.337 e. The molecule has 1 unspecified atom stereocenters. The van der Waals surface area contributed by atoms with Gasteiger partial charge in [0.2, 0.25) is 5.91 Å². The molecule has 0 saturated heterocycles. The first-order chi connectivity index (χ1) is 9.76. The van der Waals surface area contributed by atoms with E-state index in [0.717, 1.165) is 17.8 Å². The lowest BCUT2D eigenvalue weighted by Gasteiger charge is -2.29. The molecule has 0 aliphatic carbocycles. The highest BCUT2D eigenvalue weighted by atomic mass is 16.2. The minimum Gasteiger partial charge on any atom is -0.337 e. The highest BCUT2D eigenvalue weighted by molar-refractivity contribution is 5.79. The van der Waals surface area contributed by atoms with Crippen molar-refractivity contribution < 1.29 is 4.79 Å². The van der Waals surface area contributed by atoms with Crippen molar-refractivity contribution in [3.63, 3.8) is 0 Å². The molecule has 1 aromatic rings. The van der Waals surface area contributed by atoms with Gasteiger partial charge in [-0.15, -0.1) is 0 Å². The second-order valence-electron chi connectivity index (χ2n) is 6.82. The second kappa shape index (κ2) is 7.55. The lowest BCUT2D eigenvalue weighted by molar-refractivity contribution is -0.136. The number of pyridine rings is 1. The minimum atomic E-state index is -0.116. The molecule has 4 nitrogen and oxygen atoms in total. The van der Waals surface area contributed by atoms with Crippen molar-refractivity contribution in [1.29, 1.82) is 0 Å². The first-order valence-electron chi connectivity index (χ1n) is 7.68. The van der Waals surface area contributed by atoms with E-state index in [0.29, 0.717) is 19.6 Å². The summed E-state index contributed by atoms with van der Waals surface area (Å²) in [4.78, 5) is 19.0. The molecule has 4 heteroatoms. The summed E-state index contributed by atoms with van der Waals surface area (Å²) in [5, 5.41) is 0. The Kier molecular flexibility index (Phi) is 6.34. The molecule has 1 aromatic heterocycles. The molecular formula is C17H29N3O. The van der Waals surface area contributed by atoms with Crippen molar-refractivity contribution in [1.82, 2.24) is 9.88 Å². The third-order valence-electron chi connectivity index (χ3n) is 3.48. The van der Waals surface area contributed by atoms with Crippen LogP contribution >= 0.6 is 0 Å². The molecule has 1 atom stereocenters. The number of nitrogens with two attached hydrogens (primary N) is 1. The molecule has 0 spiro atoms. The normalized spacial score (nSPS) is 13.0. The highest BCUT2D eigenvalue weighted by Gasteiger charge is 2.27. The monoisotopic (exact) mass is 291 g/mol. The van der Waals surface area contributed by atoms with E-state index in [9.17, 15) is 4.79 Å². The highest BCUT2D eigenvalue weighted by Crippen LogP contribution is 2.25. The number of aryl methyl sites for hydroxylation is 1. The lowest BCUT2D eigenvalue weighted by atomic mass is 9.84. The standard InChI is InChI=1S/C17H29N3O/c1-6-20(12-15-9-7-8-13(2)19-15)16(21)14(11-18)10-17(3,4)5/h7-9,14H,6,10-12,18H2,1-5H3. The van der Waals surface area contributed by atoms with Crippen LogP contribution in [0.25, 0.3) is 0 Å². The summed E-state index contributed by atoms with van der Waals surface area (Å²) in [5.74, 6) is 0.0213. The average molecular weight is 291 g/mol. The quantitative estimate of drug-likeness (QED) is 0.876. The molecule has 21 heavy (non-hydrogen) atoms. The van der Waals surface area contributed by atoms with E-state index in [1.807, 2.05) is 36.9 Å². The van der Waals surface area contributed by atoms with Crippen molar-refractivity contribution in [2.45, 2.75) is 47.6 Å². The molecule has 2 N–H and O–H groups in total. The first kappa shape index (κ1) is 17.6. The zero-order chi connectivity index (χ0) is 16.0. The van der Waals surface area contributed by atoms with Gasteiger partial charge in [-0.1, -0.05) is 26.8 Å². The molecule has 1 rings (SSSR count). The van der Waals surface area contributed by atoms with Crippen LogP contribution in [0.4, 0.5) is 0 Å². The molecule has 0 aliphatic rings. The van der Waals surface area contributed by atoms with Gasteiger partial charge in [-0.3, -0.25) is 9.78 Å². The number of carbonyl (C=O) groups is 1. The zero-order valence-corrected chi connectivity index (χ0v) is 14.0. The fourth-order valence-electron chi connectivity index (χ4n) is 2.50. The minimum absolute atomic E-state index is 0.0979. The molecule has 1 amide bonds. The van der Waals surface area contributed by atoms with Gasteiger partial charge in [0.1, 0.15) is 0 Å². The Morgan fingerprint density at radius 2 is 2.05 bits per heavy atom. The summed E-state index contributed by atoms with van der Waals surface area (Å²) in [6, 6.07) is 5.90. The summed E-state index contributed by atoms with van der Waals surface area (Å²) in [6.45, 7) is 12.0. The van der Waals surface area contributed by atoms with E-state index in [1.54, 1.807) is 0 Å². The van der Waals surface area contributed by atoms with Crippen molar-refractivity contribution in [3.05, 3.63) is 29.6 Å². The van der Waals surface area contributed by atoms with E-state index in [1.165, 1.54) is 0 Å². The molecule has 0 bridgehead atoms. The zero-order valence-electron chi connectivity index (χ0n) is 14.0. The number of carbonyl (C=O) groups excluding carboxylic acids is 1. The van der Waals surface area contributed by atoms with Crippen LogP contribution in [-0.2, 0) is 11.3 Å². The fourth-order valence-corrected chi connectivity index (χ4v) is 2.50. The van der Waals surface area contributed by atoms with Crippen LogP contribution in [-0.4, -0.2) is 28.9 Å². The van der Waals surface area contributed by atoms with Crippen molar-refractivity contribution in [3.8, 4) is 0 Å². The van der Waals surface area contributed by atoms with E-state index in [2.05, 4.69) is 25.8 Å². The van der Waals surface area contributed by atoms with Crippen molar-refractivity contribution >= 4 is 5.91 Å². The predicted octanol–water partition coefficient (Wildman–Crippen LogP) is 2.75. The van der Waals surface area contributed by atoms with Gasteiger partial charge in [0.15, 0.2) is 0 Å². The van der Waals surface area contributed by atoms with Crippen LogP contribution in [0.2, 0.25) is 0 Å². The Bertz CT molecular complexity index is 465. The maximum Gasteiger partial charge on any atom is 0.227 e. The van der Waals surface area contributed by atoms with Crippen molar-refractivity contribution in [2.24, 2.45) is 17.1 Å². The van der Waals surface area contributed by atoms with Crippen LogP contribution < -0.4 is 5.73 Å². The Balaban J connectivity index is 2.80. The van der Waals surface area contributed by atoms with E-state index >= 15 is 0 Å². The smallest absolute Gasteiger partial charge is 0.227 e. The Hall–Kier alpha value is -1.42. The number of hydrogen-bond acceptors (Lipinski definition) is 3. The van der Waals surface area contributed by atoms with Gasteiger partial charge in [-0.05, 0) is 37.8 Å². The topological polar surface area (TPSA) is 59.2 Å². The fraction of sp³-hybridized carbons (Fsp3) is 0.647. The Morgan fingerprint density at radius 1 is 1.38 bits per heavy atom. The number of nitrogens with zero attached hydrogens (tertiary/aromatic N) is 2. The lowest BCUT2D eigenvalue weighted by Crippen LogP contribution is -2.40. The first-order valence-corrected chi connectivity index (χ1v) is 7.68. The number of hydrogen-bond donors (Lipinski definition) is 1. The third-order valence-corrected chi connectivity index (χ3v) is 3.48. The Labute approximate surface area is 128 Å². The summed E-state index contributed by atoms with van der Waals surface area (Å²) >= 11 is 0. The molecule has 118 valence electrons. The maximum atomic E-state index is 12.7. The van der Waals surface area contributed by atoms with Gasteiger partial charge in [-0.2, -0.15) is 0 Å². The third kappa shape index (κ3) is 5.84. The van der Waals surface area contributed by atoms with E-state index < -0.39 is 0 Å². The molecule has 1 heterocycles. The van der Waals surface area contributed by atoms with Gasteiger partial charge in [0.05, 0.1) is 18.2 Å². The SMILES string of the molecule is CCN(Cc1cccc(C)n1)C(=O)C(CN)CC(C)(C)C. The van der Waals surface area contributed by atoms with Crippen LogP contribution in [0.3, 0.4) is 0 Å². The van der Waals surface area contributed by atoms with Gasteiger partial charge in [-0.25, -0.2) is 0 Å². The van der Waals surface area contributed by atoms with Crippen LogP contribution in [0.5, 0.6) is 0 Å². The van der Waals surface area contributed by atoms with Gasteiger partial charge < -0.3 is 10.6 Å². The summed E-state index contributed by atoms with van der Waals surface area (Å²) in [5.41, 5.74) is 7.83. The van der Waals surface area contributed by atoms with Gasteiger partial charge in [0, 0.05) is 18.8 Å². The van der Waals surface area contributed by atoms with Gasteiger partial charge in [0.25, 0.3) is 0 Å². The van der Waals surface area contributed by atoms with Crippen LogP contribution in [0, 0.1) is 18.3 Å². The molecule has 0 fully saturated rings. The Morgan fingerprint density at radius 3 is 2.52 bits per heavy atom.